The van der Waals surface area contributed by atoms with Gasteiger partial charge in [0.05, 0.1) is 17.1 Å². The minimum Gasteiger partial charge on any atom is -0.462 e. The zero-order chi connectivity index (χ0) is 16.2. The van der Waals surface area contributed by atoms with Crippen LogP contribution in [0.5, 0.6) is 0 Å². The van der Waals surface area contributed by atoms with Crippen LogP contribution in [0.4, 0.5) is 0 Å². The molecule has 0 radical (unpaired) electrons. The Bertz CT molecular complexity index is 650. The molecule has 1 aliphatic carbocycles. The van der Waals surface area contributed by atoms with Crippen LogP contribution in [0.2, 0.25) is 0 Å². The molecule has 0 spiro atoms. The molecule has 120 valence electrons. The Hall–Kier alpha value is -1.62. The fourth-order valence-electron chi connectivity index (χ4n) is 2.73. The van der Waals surface area contributed by atoms with Gasteiger partial charge in [0.15, 0.2) is 9.84 Å². The lowest BCUT2D eigenvalue weighted by Crippen LogP contribution is -2.09. The number of allylic oxidation sites excluding steroid dienone is 1. The van der Waals surface area contributed by atoms with E-state index in [1.54, 1.807) is 19.1 Å². The highest BCUT2D eigenvalue weighted by atomic mass is 32.2. The number of carbonyl (C=O) groups excluding carboxylic acids is 1. The van der Waals surface area contributed by atoms with E-state index in [1.807, 2.05) is 6.08 Å². The molecule has 0 N–H and O–H groups in total. The van der Waals surface area contributed by atoms with Crippen molar-refractivity contribution in [3.63, 3.8) is 0 Å². The molecule has 0 aliphatic heterocycles. The van der Waals surface area contributed by atoms with Crippen molar-refractivity contribution in [3.8, 4) is 0 Å². The SMILES string of the molecule is CCOC(=O)/C(=C/C1CCCC1)c1ccc(S(C)(=O)=O)cc1. The van der Waals surface area contributed by atoms with Crippen LogP contribution in [0.15, 0.2) is 35.2 Å². The van der Waals surface area contributed by atoms with Crippen LogP contribution < -0.4 is 0 Å². The lowest BCUT2D eigenvalue weighted by molar-refractivity contribution is -0.136. The Morgan fingerprint density at radius 2 is 1.82 bits per heavy atom. The molecule has 0 heterocycles. The van der Waals surface area contributed by atoms with Crippen LogP contribution in [0.1, 0.15) is 38.2 Å². The number of rotatable bonds is 5. The number of carbonyl (C=O) groups is 1. The highest BCUT2D eigenvalue weighted by Crippen LogP contribution is 2.30. The van der Waals surface area contributed by atoms with Gasteiger partial charge in [-0.05, 0) is 43.4 Å². The average molecular weight is 322 g/mol. The molecule has 0 unspecified atom stereocenters. The van der Waals surface area contributed by atoms with Gasteiger partial charge in [-0.15, -0.1) is 0 Å². The summed E-state index contributed by atoms with van der Waals surface area (Å²) in [4.78, 5) is 12.5. The van der Waals surface area contributed by atoms with Crippen molar-refractivity contribution in [1.29, 1.82) is 0 Å². The molecular weight excluding hydrogens is 300 g/mol. The lowest BCUT2D eigenvalue weighted by atomic mass is 9.99. The maximum absolute atomic E-state index is 12.2. The van der Waals surface area contributed by atoms with Gasteiger partial charge in [0.2, 0.25) is 0 Å². The maximum Gasteiger partial charge on any atom is 0.338 e. The quantitative estimate of drug-likeness (QED) is 0.617. The number of esters is 1. The second-order valence-corrected chi connectivity index (χ2v) is 7.66. The largest absolute Gasteiger partial charge is 0.462 e. The van der Waals surface area contributed by atoms with E-state index in [-0.39, 0.29) is 10.9 Å². The van der Waals surface area contributed by atoms with Crippen LogP contribution in [-0.2, 0) is 19.4 Å². The molecule has 5 heteroatoms. The Balaban J connectivity index is 2.34. The number of hydrogen-bond donors (Lipinski definition) is 0. The van der Waals surface area contributed by atoms with E-state index in [9.17, 15) is 13.2 Å². The molecule has 0 bridgehead atoms. The summed E-state index contributed by atoms with van der Waals surface area (Å²) in [6, 6.07) is 6.42. The normalized spacial score (nSPS) is 16.7. The van der Waals surface area contributed by atoms with Crippen LogP contribution in [0.25, 0.3) is 5.57 Å². The average Bonchev–Trinajstić information content (AvgIpc) is 2.97. The monoisotopic (exact) mass is 322 g/mol. The van der Waals surface area contributed by atoms with Crippen LogP contribution in [0.3, 0.4) is 0 Å². The van der Waals surface area contributed by atoms with Crippen molar-refractivity contribution >= 4 is 21.4 Å². The zero-order valence-corrected chi connectivity index (χ0v) is 13.9. The zero-order valence-electron chi connectivity index (χ0n) is 13.0. The van der Waals surface area contributed by atoms with Crippen molar-refractivity contribution in [2.24, 2.45) is 5.92 Å². The Labute approximate surface area is 132 Å². The summed E-state index contributed by atoms with van der Waals surface area (Å²) in [5.41, 5.74) is 1.24. The summed E-state index contributed by atoms with van der Waals surface area (Å²) in [6.07, 6.45) is 7.70. The molecule has 22 heavy (non-hydrogen) atoms. The van der Waals surface area contributed by atoms with E-state index in [4.69, 9.17) is 4.74 Å². The van der Waals surface area contributed by atoms with Crippen LogP contribution in [0, 0.1) is 5.92 Å². The Kier molecular flexibility index (Phi) is 5.40. The molecule has 0 saturated heterocycles. The standard InChI is InChI=1S/C17H22O4S/c1-3-21-17(18)16(12-13-6-4-5-7-13)14-8-10-15(11-9-14)22(2,19)20/h8-13H,3-7H2,1-2H3/b16-12+. The van der Waals surface area contributed by atoms with E-state index >= 15 is 0 Å². The molecule has 0 aromatic heterocycles. The third-order valence-electron chi connectivity index (χ3n) is 3.89. The smallest absolute Gasteiger partial charge is 0.338 e. The first-order valence-corrected chi connectivity index (χ1v) is 9.50. The van der Waals surface area contributed by atoms with Crippen LogP contribution >= 0.6 is 0 Å². The third-order valence-corrected chi connectivity index (χ3v) is 5.02. The molecule has 2 rings (SSSR count). The number of benzene rings is 1. The van der Waals surface area contributed by atoms with Gasteiger partial charge in [0.25, 0.3) is 0 Å². The summed E-state index contributed by atoms with van der Waals surface area (Å²) in [6.45, 7) is 2.10. The fraction of sp³-hybridized carbons (Fsp3) is 0.471. The van der Waals surface area contributed by atoms with Gasteiger partial charge < -0.3 is 4.74 Å². The van der Waals surface area contributed by atoms with Crippen molar-refractivity contribution < 1.29 is 17.9 Å². The first kappa shape index (κ1) is 16.7. The molecule has 1 aliphatic rings. The Morgan fingerprint density at radius 3 is 2.32 bits per heavy atom. The topological polar surface area (TPSA) is 60.4 Å². The minimum absolute atomic E-state index is 0.250. The summed E-state index contributed by atoms with van der Waals surface area (Å²) < 4.78 is 28.2. The predicted octanol–water partition coefficient (Wildman–Crippen LogP) is 3.23. The molecule has 1 aromatic carbocycles. The third kappa shape index (κ3) is 4.19. The lowest BCUT2D eigenvalue weighted by Gasteiger charge is -2.11. The molecule has 0 atom stereocenters. The van der Waals surface area contributed by atoms with E-state index in [0.717, 1.165) is 12.8 Å². The summed E-state index contributed by atoms with van der Waals surface area (Å²) in [7, 11) is -3.23. The summed E-state index contributed by atoms with van der Waals surface area (Å²) in [5, 5.41) is 0. The van der Waals surface area contributed by atoms with Gasteiger partial charge in [-0.2, -0.15) is 0 Å². The highest BCUT2D eigenvalue weighted by Gasteiger charge is 2.19. The maximum atomic E-state index is 12.2. The first-order chi connectivity index (χ1) is 10.4. The van der Waals surface area contributed by atoms with E-state index in [0.29, 0.717) is 23.7 Å². The number of ether oxygens (including phenoxy) is 1. The Morgan fingerprint density at radius 1 is 1.23 bits per heavy atom. The number of sulfone groups is 1. The van der Waals surface area contributed by atoms with Crippen molar-refractivity contribution in [1.82, 2.24) is 0 Å². The summed E-state index contributed by atoms with van der Waals surface area (Å²) in [5.74, 6) is 0.0514. The summed E-state index contributed by atoms with van der Waals surface area (Å²) >= 11 is 0. The van der Waals surface area contributed by atoms with Crippen molar-refractivity contribution in [2.45, 2.75) is 37.5 Å². The highest BCUT2D eigenvalue weighted by molar-refractivity contribution is 7.90. The molecule has 4 nitrogen and oxygen atoms in total. The molecule has 0 amide bonds. The van der Waals surface area contributed by atoms with E-state index < -0.39 is 9.84 Å². The van der Waals surface area contributed by atoms with Crippen molar-refractivity contribution in [3.05, 3.63) is 35.9 Å². The predicted molar refractivity (Wildman–Crippen MR) is 86.1 cm³/mol. The fourth-order valence-corrected chi connectivity index (χ4v) is 3.36. The van der Waals surface area contributed by atoms with E-state index in [2.05, 4.69) is 0 Å². The van der Waals surface area contributed by atoms with Gasteiger partial charge in [0.1, 0.15) is 0 Å². The van der Waals surface area contributed by atoms with Crippen LogP contribution in [-0.4, -0.2) is 27.2 Å². The van der Waals surface area contributed by atoms with Gasteiger partial charge in [-0.3, -0.25) is 0 Å². The van der Waals surface area contributed by atoms with Gasteiger partial charge >= 0.3 is 5.97 Å². The second-order valence-electron chi connectivity index (χ2n) is 5.64. The first-order valence-electron chi connectivity index (χ1n) is 7.61. The van der Waals surface area contributed by atoms with Gasteiger partial charge in [-0.25, -0.2) is 13.2 Å². The molecule has 1 aromatic rings. The number of hydrogen-bond acceptors (Lipinski definition) is 4. The molecule has 1 saturated carbocycles. The van der Waals surface area contributed by atoms with Gasteiger partial charge in [0, 0.05) is 6.26 Å². The minimum atomic E-state index is -3.23. The van der Waals surface area contributed by atoms with E-state index in [1.165, 1.54) is 31.2 Å². The molecular formula is C17H22O4S. The molecule has 1 fully saturated rings. The second kappa shape index (κ2) is 7.09. The van der Waals surface area contributed by atoms with Gasteiger partial charge in [-0.1, -0.05) is 31.1 Å². The van der Waals surface area contributed by atoms with Crippen molar-refractivity contribution in [2.75, 3.05) is 12.9 Å².